The smallest absolute Gasteiger partial charge is 0.337 e. The molecule has 1 aliphatic rings. The Kier molecular flexibility index (Phi) is 6.55. The largest absolute Gasteiger partial charge is 0.478 e. The van der Waals surface area contributed by atoms with Crippen LogP contribution >= 0.6 is 0 Å². The molecule has 0 saturated carbocycles. The number of carboxylic acids is 1. The number of primary amides is 1. The van der Waals surface area contributed by atoms with Gasteiger partial charge in [-0.2, -0.15) is 0 Å². The minimum atomic E-state index is -1.03. The second-order valence-corrected chi connectivity index (χ2v) is 5.24. The summed E-state index contributed by atoms with van der Waals surface area (Å²) in [5.41, 5.74) is 6.46. The maximum absolute atomic E-state index is 12.7. The number of rotatable bonds is 3. The maximum Gasteiger partial charge on any atom is 0.337 e. The lowest BCUT2D eigenvalue weighted by Gasteiger charge is -2.20. The van der Waals surface area contributed by atoms with E-state index in [1.54, 1.807) is 18.3 Å². The highest BCUT2D eigenvalue weighted by molar-refractivity contribution is 5.88. The number of carbonyl (C=O) groups is 2. The molecule has 0 aliphatic carbocycles. The van der Waals surface area contributed by atoms with Crippen molar-refractivity contribution in [3.05, 3.63) is 54.1 Å². The monoisotopic (exact) mass is 347 g/mol. The Hall–Kier alpha value is -2.84. The van der Waals surface area contributed by atoms with Crippen molar-refractivity contribution in [1.29, 1.82) is 0 Å². The van der Waals surface area contributed by atoms with E-state index in [9.17, 15) is 14.0 Å². The van der Waals surface area contributed by atoms with Gasteiger partial charge in [0.05, 0.1) is 12.2 Å². The van der Waals surface area contributed by atoms with Crippen molar-refractivity contribution in [2.24, 2.45) is 5.73 Å². The summed E-state index contributed by atoms with van der Waals surface area (Å²) in [7, 11) is 0. The quantitative estimate of drug-likeness (QED) is 0.764. The van der Waals surface area contributed by atoms with Crippen LogP contribution in [-0.4, -0.2) is 47.8 Å². The number of aromatic carboxylic acids is 1. The number of pyridine rings is 1. The summed E-state index contributed by atoms with van der Waals surface area (Å²) >= 11 is 0. The molecule has 1 unspecified atom stereocenters. The average Bonchev–Trinajstić information content (AvgIpc) is 2.63. The normalized spacial score (nSPS) is 16.4. The predicted octanol–water partition coefficient (Wildman–Crippen LogP) is 1.05. The van der Waals surface area contributed by atoms with Crippen LogP contribution in [0.25, 0.3) is 11.1 Å². The highest BCUT2D eigenvalue weighted by Gasteiger charge is 2.17. The number of amides is 1. The molecule has 1 aromatic carbocycles. The van der Waals surface area contributed by atoms with Crippen LogP contribution in [0.1, 0.15) is 10.4 Å². The second kappa shape index (κ2) is 8.86. The van der Waals surface area contributed by atoms with E-state index in [1.165, 1.54) is 24.4 Å². The Labute approximate surface area is 143 Å². The van der Waals surface area contributed by atoms with Gasteiger partial charge >= 0.3 is 5.97 Å². The molecular weight excluding hydrogens is 329 g/mol. The lowest BCUT2D eigenvalue weighted by atomic mass is 10.1. The maximum atomic E-state index is 12.7. The molecule has 8 heteroatoms. The zero-order chi connectivity index (χ0) is 18.2. The van der Waals surface area contributed by atoms with Gasteiger partial charge in [0.15, 0.2) is 0 Å². The molecule has 1 saturated heterocycles. The average molecular weight is 347 g/mol. The van der Waals surface area contributed by atoms with Crippen molar-refractivity contribution >= 4 is 11.9 Å². The summed E-state index contributed by atoms with van der Waals surface area (Å²) in [6.45, 7) is 1.94. The number of nitrogens with zero attached hydrogens (tertiary/aromatic N) is 1. The summed E-state index contributed by atoms with van der Waals surface area (Å²) in [6.07, 6.45) is 2.40. The standard InChI is InChI=1S/C12H8FNO2.C5H10N2O2/c13-11-3-1-8(2-4-11)9-5-10(12(15)16)7-14-6-9;6-5(8)4-3-7-1-2-9-4/h1-7H,(H,15,16);4,7H,1-3H2,(H2,6,8). The molecular formula is C17H18FN3O4. The van der Waals surface area contributed by atoms with Crippen molar-refractivity contribution in [2.75, 3.05) is 19.7 Å². The van der Waals surface area contributed by atoms with E-state index in [1.807, 2.05) is 0 Å². The molecule has 3 rings (SSSR count). The van der Waals surface area contributed by atoms with Gasteiger partial charge in [0.2, 0.25) is 5.91 Å². The van der Waals surface area contributed by atoms with Gasteiger partial charge in [-0.25, -0.2) is 9.18 Å². The van der Waals surface area contributed by atoms with Gasteiger partial charge in [0.1, 0.15) is 11.9 Å². The molecule has 7 nitrogen and oxygen atoms in total. The summed E-state index contributed by atoms with van der Waals surface area (Å²) < 4.78 is 17.7. The summed E-state index contributed by atoms with van der Waals surface area (Å²) in [4.78, 5) is 25.0. The number of hydrogen-bond donors (Lipinski definition) is 3. The molecule has 1 fully saturated rings. The first-order valence-electron chi connectivity index (χ1n) is 7.53. The van der Waals surface area contributed by atoms with Crippen LogP contribution < -0.4 is 11.1 Å². The van der Waals surface area contributed by atoms with Gasteiger partial charge in [-0.15, -0.1) is 0 Å². The number of halogens is 1. The minimum Gasteiger partial charge on any atom is -0.478 e. The Morgan fingerprint density at radius 1 is 1.24 bits per heavy atom. The number of hydrogen-bond acceptors (Lipinski definition) is 5. The van der Waals surface area contributed by atoms with Crippen LogP contribution in [0.2, 0.25) is 0 Å². The fraction of sp³-hybridized carbons (Fsp3) is 0.235. The molecule has 2 aromatic rings. The van der Waals surface area contributed by atoms with Crippen molar-refractivity contribution in [1.82, 2.24) is 10.3 Å². The summed E-state index contributed by atoms with van der Waals surface area (Å²) in [5.74, 6) is -1.75. The lowest BCUT2D eigenvalue weighted by Crippen LogP contribution is -2.45. The third-order valence-electron chi connectivity index (χ3n) is 3.41. The Morgan fingerprint density at radius 2 is 1.96 bits per heavy atom. The van der Waals surface area contributed by atoms with Crippen molar-refractivity contribution < 1.29 is 23.8 Å². The molecule has 0 bridgehead atoms. The Morgan fingerprint density at radius 3 is 2.48 bits per heavy atom. The first kappa shape index (κ1) is 18.5. The van der Waals surface area contributed by atoms with E-state index in [2.05, 4.69) is 10.3 Å². The molecule has 4 N–H and O–H groups in total. The van der Waals surface area contributed by atoms with Crippen molar-refractivity contribution in [3.63, 3.8) is 0 Å². The van der Waals surface area contributed by atoms with Gasteiger partial charge in [-0.05, 0) is 23.8 Å². The van der Waals surface area contributed by atoms with E-state index in [0.717, 1.165) is 12.1 Å². The topological polar surface area (TPSA) is 115 Å². The van der Waals surface area contributed by atoms with Gasteiger partial charge in [-0.1, -0.05) is 12.1 Å². The van der Waals surface area contributed by atoms with Crippen molar-refractivity contribution in [3.8, 4) is 11.1 Å². The Balaban J connectivity index is 0.000000212. The SMILES string of the molecule is NC(=O)C1CNCCO1.O=C(O)c1cncc(-c2ccc(F)cc2)c1. The van der Waals surface area contributed by atoms with E-state index in [4.69, 9.17) is 15.6 Å². The number of ether oxygens (including phenoxy) is 1. The van der Waals surface area contributed by atoms with E-state index < -0.39 is 12.1 Å². The second-order valence-electron chi connectivity index (χ2n) is 5.24. The zero-order valence-corrected chi connectivity index (χ0v) is 13.3. The number of morpholine rings is 1. The van der Waals surface area contributed by atoms with Crippen LogP contribution in [-0.2, 0) is 9.53 Å². The fourth-order valence-electron chi connectivity index (χ4n) is 2.11. The molecule has 1 aromatic heterocycles. The number of nitrogens with one attached hydrogen (secondary N) is 1. The van der Waals surface area contributed by atoms with E-state index in [0.29, 0.717) is 18.7 Å². The molecule has 1 atom stereocenters. The number of carboxylic acid groups (broad SMARTS) is 1. The third kappa shape index (κ3) is 5.63. The number of carbonyl (C=O) groups excluding carboxylic acids is 1. The third-order valence-corrected chi connectivity index (χ3v) is 3.41. The van der Waals surface area contributed by atoms with Crippen molar-refractivity contribution in [2.45, 2.75) is 6.10 Å². The van der Waals surface area contributed by atoms with Gasteiger partial charge in [0.25, 0.3) is 0 Å². The lowest BCUT2D eigenvalue weighted by molar-refractivity contribution is -0.130. The molecule has 25 heavy (non-hydrogen) atoms. The van der Waals surface area contributed by atoms with Crippen LogP contribution in [0.3, 0.4) is 0 Å². The van der Waals surface area contributed by atoms with Gasteiger partial charge in [-0.3, -0.25) is 9.78 Å². The number of aromatic nitrogens is 1. The predicted molar refractivity (Wildman–Crippen MR) is 88.4 cm³/mol. The first-order chi connectivity index (χ1) is 12.0. The van der Waals surface area contributed by atoms with Crippen LogP contribution in [0.4, 0.5) is 4.39 Å². The minimum absolute atomic E-state index is 0.113. The van der Waals surface area contributed by atoms with Crippen LogP contribution in [0, 0.1) is 5.82 Å². The number of benzene rings is 1. The molecule has 1 aliphatic heterocycles. The Bertz CT molecular complexity index is 731. The van der Waals surface area contributed by atoms with Gasteiger partial charge < -0.3 is 20.9 Å². The van der Waals surface area contributed by atoms with E-state index >= 15 is 0 Å². The van der Waals surface area contributed by atoms with Crippen LogP contribution in [0.5, 0.6) is 0 Å². The molecule has 0 radical (unpaired) electrons. The molecule has 0 spiro atoms. The molecule has 132 valence electrons. The van der Waals surface area contributed by atoms with Crippen LogP contribution in [0.15, 0.2) is 42.7 Å². The van der Waals surface area contributed by atoms with Gasteiger partial charge in [0, 0.05) is 31.0 Å². The zero-order valence-electron chi connectivity index (χ0n) is 13.3. The highest BCUT2D eigenvalue weighted by atomic mass is 19.1. The summed E-state index contributed by atoms with van der Waals surface area (Å²) in [6, 6.07) is 7.31. The number of nitrogens with two attached hydrogens (primary N) is 1. The fourth-order valence-corrected chi connectivity index (χ4v) is 2.11. The first-order valence-corrected chi connectivity index (χ1v) is 7.53. The van der Waals surface area contributed by atoms with E-state index in [-0.39, 0.29) is 17.3 Å². The highest BCUT2D eigenvalue weighted by Crippen LogP contribution is 2.19. The molecule has 1 amide bonds. The molecule has 2 heterocycles. The summed E-state index contributed by atoms with van der Waals surface area (Å²) in [5, 5.41) is 11.8.